The molecule has 0 bridgehead atoms. The van der Waals surface area contributed by atoms with Crippen LogP contribution < -0.4 is 5.63 Å². The van der Waals surface area contributed by atoms with E-state index in [1.807, 2.05) is 43.3 Å². The summed E-state index contributed by atoms with van der Waals surface area (Å²) in [7, 11) is 0. The predicted octanol–water partition coefficient (Wildman–Crippen LogP) is 3.29. The Morgan fingerprint density at radius 2 is 1.92 bits per heavy atom. The molecule has 0 fully saturated rings. The second-order valence-electron chi connectivity index (χ2n) is 5.49. The maximum absolute atomic E-state index is 12.0. The van der Waals surface area contributed by atoms with Crippen molar-refractivity contribution in [2.45, 2.75) is 20.8 Å². The summed E-state index contributed by atoms with van der Waals surface area (Å²) in [4.78, 5) is 16.5. The Morgan fingerprint density at radius 1 is 1.21 bits per heavy atom. The monoisotopic (exact) mass is 323 g/mol. The molecule has 6 heteroatoms. The van der Waals surface area contributed by atoms with Crippen LogP contribution in [-0.2, 0) is 0 Å². The minimum atomic E-state index is -0.615. The van der Waals surface area contributed by atoms with Crippen molar-refractivity contribution in [3.8, 4) is 11.4 Å². The summed E-state index contributed by atoms with van der Waals surface area (Å²) >= 11 is 0. The lowest BCUT2D eigenvalue weighted by molar-refractivity contribution is 0.432. The molecule has 0 amide bonds. The van der Waals surface area contributed by atoms with Crippen LogP contribution in [0.5, 0.6) is 5.75 Å². The molecule has 0 saturated carbocycles. The van der Waals surface area contributed by atoms with Crippen LogP contribution in [0.2, 0.25) is 0 Å². The van der Waals surface area contributed by atoms with E-state index < -0.39 is 5.63 Å². The molecule has 2 heterocycles. The number of aromatic hydroxyl groups is 1. The van der Waals surface area contributed by atoms with E-state index in [0.29, 0.717) is 17.3 Å². The third-order valence-electron chi connectivity index (χ3n) is 3.51. The van der Waals surface area contributed by atoms with Crippen molar-refractivity contribution >= 4 is 11.5 Å². The average molecular weight is 323 g/mol. The number of nitrogens with zero attached hydrogens (tertiary/aromatic N) is 3. The number of hydrogen-bond acceptors (Lipinski definition) is 5. The van der Waals surface area contributed by atoms with Crippen molar-refractivity contribution in [3.63, 3.8) is 0 Å². The van der Waals surface area contributed by atoms with Crippen molar-refractivity contribution in [3.05, 3.63) is 69.9 Å². The number of aryl methyl sites for hydroxylation is 2. The van der Waals surface area contributed by atoms with Gasteiger partial charge in [0.1, 0.15) is 17.1 Å². The summed E-state index contributed by atoms with van der Waals surface area (Å²) < 4.78 is 6.74. The van der Waals surface area contributed by atoms with E-state index >= 15 is 0 Å². The Kier molecular flexibility index (Phi) is 4.04. The van der Waals surface area contributed by atoms with Gasteiger partial charge in [0.25, 0.3) is 0 Å². The molecule has 122 valence electrons. The maximum Gasteiger partial charge on any atom is 0.348 e. The first-order chi connectivity index (χ1) is 11.5. The molecule has 0 radical (unpaired) electrons. The highest BCUT2D eigenvalue weighted by atomic mass is 16.4. The standard InChI is InChI=1S/C18H17N3O3/c1-11-9-16(21(20-11)14-7-5-4-6-8-14)19-13(3)17-15(22)10-12(2)24-18(17)23/h4-10,22H,1-3H3/b19-13+. The lowest BCUT2D eigenvalue weighted by atomic mass is 10.1. The molecule has 2 aromatic heterocycles. The van der Waals surface area contributed by atoms with Crippen LogP contribution in [0.3, 0.4) is 0 Å². The molecule has 1 aromatic carbocycles. The normalized spacial score (nSPS) is 11.7. The first-order valence-corrected chi connectivity index (χ1v) is 7.47. The van der Waals surface area contributed by atoms with Gasteiger partial charge in [-0.25, -0.2) is 14.5 Å². The summed E-state index contributed by atoms with van der Waals surface area (Å²) in [5, 5.41) is 14.5. The SMILES string of the molecule is C/C(=N\c1cc(C)nn1-c1ccccc1)c1c(O)cc(C)oc1=O. The Morgan fingerprint density at radius 3 is 2.58 bits per heavy atom. The van der Waals surface area contributed by atoms with Crippen LogP contribution in [0.1, 0.15) is 23.9 Å². The van der Waals surface area contributed by atoms with Gasteiger partial charge in [0, 0.05) is 12.1 Å². The molecule has 0 spiro atoms. The Bertz CT molecular complexity index is 969. The fourth-order valence-corrected chi connectivity index (χ4v) is 2.48. The Balaban J connectivity index is 2.12. The van der Waals surface area contributed by atoms with Crippen LogP contribution >= 0.6 is 0 Å². The zero-order valence-electron chi connectivity index (χ0n) is 13.6. The fourth-order valence-electron chi connectivity index (χ4n) is 2.48. The van der Waals surface area contributed by atoms with Crippen molar-refractivity contribution in [2.75, 3.05) is 0 Å². The highest BCUT2D eigenvalue weighted by Gasteiger charge is 2.14. The van der Waals surface area contributed by atoms with Crippen LogP contribution in [0.4, 0.5) is 5.82 Å². The zero-order chi connectivity index (χ0) is 17.3. The summed E-state index contributed by atoms with van der Waals surface area (Å²) in [5.74, 6) is 0.766. The number of hydrogen-bond donors (Lipinski definition) is 1. The minimum Gasteiger partial charge on any atom is -0.507 e. The molecule has 0 atom stereocenters. The quantitative estimate of drug-likeness (QED) is 0.750. The molecule has 6 nitrogen and oxygen atoms in total. The second-order valence-corrected chi connectivity index (χ2v) is 5.49. The van der Waals surface area contributed by atoms with Crippen LogP contribution in [-0.4, -0.2) is 20.6 Å². The van der Waals surface area contributed by atoms with Gasteiger partial charge in [0.2, 0.25) is 0 Å². The van der Waals surface area contributed by atoms with E-state index in [1.165, 1.54) is 6.07 Å². The van der Waals surface area contributed by atoms with Gasteiger partial charge in [-0.15, -0.1) is 0 Å². The first-order valence-electron chi connectivity index (χ1n) is 7.47. The van der Waals surface area contributed by atoms with E-state index in [2.05, 4.69) is 10.1 Å². The van der Waals surface area contributed by atoms with Gasteiger partial charge >= 0.3 is 5.63 Å². The topological polar surface area (TPSA) is 80.6 Å². The minimum absolute atomic E-state index is 0.0547. The van der Waals surface area contributed by atoms with Crippen LogP contribution in [0.25, 0.3) is 5.69 Å². The third-order valence-corrected chi connectivity index (χ3v) is 3.51. The molecule has 0 aliphatic carbocycles. The highest BCUT2D eigenvalue weighted by Crippen LogP contribution is 2.22. The van der Waals surface area contributed by atoms with E-state index in [4.69, 9.17) is 4.42 Å². The van der Waals surface area contributed by atoms with E-state index in [1.54, 1.807) is 18.5 Å². The predicted molar refractivity (Wildman–Crippen MR) is 91.6 cm³/mol. The smallest absolute Gasteiger partial charge is 0.348 e. The van der Waals surface area contributed by atoms with Crippen molar-refractivity contribution in [1.29, 1.82) is 0 Å². The van der Waals surface area contributed by atoms with E-state index in [0.717, 1.165) is 11.4 Å². The largest absolute Gasteiger partial charge is 0.507 e. The second kappa shape index (κ2) is 6.16. The highest BCUT2D eigenvalue weighted by molar-refractivity contribution is 6.01. The van der Waals surface area contributed by atoms with Crippen LogP contribution in [0.15, 0.2) is 56.7 Å². The Labute approximate surface area is 138 Å². The molecule has 24 heavy (non-hydrogen) atoms. The average Bonchev–Trinajstić information content (AvgIpc) is 2.87. The van der Waals surface area contributed by atoms with Gasteiger partial charge in [-0.2, -0.15) is 5.10 Å². The number of rotatable bonds is 3. The van der Waals surface area contributed by atoms with Gasteiger partial charge in [0.15, 0.2) is 5.82 Å². The fraction of sp³-hybridized carbons (Fsp3) is 0.167. The molecule has 3 rings (SSSR count). The van der Waals surface area contributed by atoms with Crippen molar-refractivity contribution in [2.24, 2.45) is 4.99 Å². The first kappa shape index (κ1) is 15.7. The van der Waals surface area contributed by atoms with Crippen molar-refractivity contribution in [1.82, 2.24) is 9.78 Å². The van der Waals surface area contributed by atoms with E-state index in [-0.39, 0.29) is 11.3 Å². The number of aliphatic imine (C=N–C) groups is 1. The van der Waals surface area contributed by atoms with Gasteiger partial charge in [-0.3, -0.25) is 0 Å². The number of para-hydroxylation sites is 1. The van der Waals surface area contributed by atoms with E-state index in [9.17, 15) is 9.90 Å². The van der Waals surface area contributed by atoms with Crippen molar-refractivity contribution < 1.29 is 9.52 Å². The van der Waals surface area contributed by atoms with Gasteiger partial charge < -0.3 is 9.52 Å². The molecule has 0 aliphatic rings. The summed E-state index contributed by atoms with van der Waals surface area (Å²) in [6, 6.07) is 12.8. The third kappa shape index (κ3) is 2.99. The molecular formula is C18H17N3O3. The van der Waals surface area contributed by atoms with Gasteiger partial charge in [-0.1, -0.05) is 18.2 Å². The molecular weight excluding hydrogens is 306 g/mol. The summed E-state index contributed by atoms with van der Waals surface area (Å²) in [6.45, 7) is 5.12. The molecule has 0 aliphatic heterocycles. The molecule has 3 aromatic rings. The molecule has 1 N–H and O–H groups in total. The lowest BCUT2D eigenvalue weighted by Gasteiger charge is -2.06. The number of aromatic nitrogens is 2. The lowest BCUT2D eigenvalue weighted by Crippen LogP contribution is -2.13. The Hall–Kier alpha value is -3.15. The van der Waals surface area contributed by atoms with Gasteiger partial charge in [-0.05, 0) is 32.9 Å². The zero-order valence-corrected chi connectivity index (χ0v) is 13.6. The van der Waals surface area contributed by atoms with Crippen LogP contribution in [0, 0.1) is 13.8 Å². The molecule has 0 saturated heterocycles. The molecule has 0 unspecified atom stereocenters. The maximum atomic E-state index is 12.0. The van der Waals surface area contributed by atoms with Gasteiger partial charge in [0.05, 0.1) is 17.1 Å². The number of benzene rings is 1. The summed E-state index contributed by atoms with van der Waals surface area (Å²) in [5.41, 5.74) is 1.46. The summed E-state index contributed by atoms with van der Waals surface area (Å²) in [6.07, 6.45) is 0.